The van der Waals surface area contributed by atoms with Gasteiger partial charge >= 0.3 is 0 Å². The van der Waals surface area contributed by atoms with Crippen LogP contribution in [0.1, 0.15) is 17.0 Å². The van der Waals surface area contributed by atoms with Gasteiger partial charge in [0.2, 0.25) is 0 Å². The average molecular weight is 359 g/mol. The molecule has 0 saturated carbocycles. The average Bonchev–Trinajstić information content (AvgIpc) is 2.92. The topological polar surface area (TPSA) is 74.1 Å². The van der Waals surface area contributed by atoms with Crippen molar-refractivity contribution in [2.75, 3.05) is 27.4 Å². The van der Waals surface area contributed by atoms with Gasteiger partial charge in [-0.3, -0.25) is 4.79 Å². The standard InChI is InChI=1S/C19H25N3O4/c1-14-11-16(15(2)22(14)9-10-24-3)12-20-21-19(23)13-26-18-7-5-17(25-4)6-8-18/h5-8,11-12H,9-10,13H2,1-4H3,(H,21,23)/b20-12+. The number of amides is 1. The molecule has 7 heteroatoms. The van der Waals surface area contributed by atoms with Gasteiger partial charge in [-0.2, -0.15) is 5.10 Å². The first-order valence-corrected chi connectivity index (χ1v) is 8.29. The Bertz CT molecular complexity index is 751. The molecule has 0 atom stereocenters. The lowest BCUT2D eigenvalue weighted by Gasteiger charge is -2.08. The highest BCUT2D eigenvalue weighted by atomic mass is 16.5. The fourth-order valence-corrected chi connectivity index (χ4v) is 2.51. The monoisotopic (exact) mass is 359 g/mol. The molecule has 1 N–H and O–H groups in total. The molecule has 7 nitrogen and oxygen atoms in total. The van der Waals surface area contributed by atoms with E-state index in [4.69, 9.17) is 14.2 Å². The first-order chi connectivity index (χ1) is 12.5. The SMILES string of the molecule is COCCn1c(C)cc(/C=N/NC(=O)COc2ccc(OC)cc2)c1C. The van der Waals surface area contributed by atoms with Gasteiger partial charge in [0.1, 0.15) is 11.5 Å². The quantitative estimate of drug-likeness (QED) is 0.551. The number of hydrazone groups is 1. The van der Waals surface area contributed by atoms with E-state index in [1.54, 1.807) is 44.7 Å². The van der Waals surface area contributed by atoms with Gasteiger partial charge in [0.05, 0.1) is 19.9 Å². The number of nitrogens with zero attached hydrogens (tertiary/aromatic N) is 2. The van der Waals surface area contributed by atoms with E-state index >= 15 is 0 Å². The number of carbonyl (C=O) groups is 1. The van der Waals surface area contributed by atoms with Crippen LogP contribution in [0.3, 0.4) is 0 Å². The van der Waals surface area contributed by atoms with Crippen LogP contribution in [0.15, 0.2) is 35.4 Å². The molecule has 0 spiro atoms. The van der Waals surface area contributed by atoms with Gasteiger partial charge in [0.15, 0.2) is 6.61 Å². The van der Waals surface area contributed by atoms with Crippen molar-refractivity contribution in [2.24, 2.45) is 5.10 Å². The van der Waals surface area contributed by atoms with Crippen LogP contribution in [0.5, 0.6) is 11.5 Å². The van der Waals surface area contributed by atoms with Crippen molar-refractivity contribution >= 4 is 12.1 Å². The Morgan fingerprint density at radius 3 is 2.54 bits per heavy atom. The van der Waals surface area contributed by atoms with Gasteiger partial charge < -0.3 is 18.8 Å². The summed E-state index contributed by atoms with van der Waals surface area (Å²) < 4.78 is 17.7. The third-order valence-electron chi connectivity index (χ3n) is 3.95. The summed E-state index contributed by atoms with van der Waals surface area (Å²) in [6.45, 7) is 5.35. The maximum Gasteiger partial charge on any atom is 0.277 e. The lowest BCUT2D eigenvalue weighted by atomic mass is 10.3. The number of hydrogen-bond donors (Lipinski definition) is 1. The summed E-state index contributed by atoms with van der Waals surface area (Å²) in [4.78, 5) is 11.8. The van der Waals surface area contributed by atoms with E-state index < -0.39 is 0 Å². The number of benzene rings is 1. The second-order valence-electron chi connectivity index (χ2n) is 5.73. The molecule has 140 valence electrons. The molecule has 0 aliphatic rings. The zero-order valence-corrected chi connectivity index (χ0v) is 15.6. The van der Waals surface area contributed by atoms with Crippen molar-refractivity contribution < 1.29 is 19.0 Å². The molecule has 1 heterocycles. The highest BCUT2D eigenvalue weighted by Crippen LogP contribution is 2.16. The lowest BCUT2D eigenvalue weighted by molar-refractivity contribution is -0.123. The number of ether oxygens (including phenoxy) is 3. The molecule has 0 radical (unpaired) electrons. The minimum atomic E-state index is -0.328. The summed E-state index contributed by atoms with van der Waals surface area (Å²) in [6, 6.07) is 9.04. The predicted octanol–water partition coefficient (Wildman–Crippen LogP) is 2.29. The predicted molar refractivity (Wildman–Crippen MR) is 100 cm³/mol. The van der Waals surface area contributed by atoms with E-state index in [0.29, 0.717) is 12.4 Å². The maximum absolute atomic E-state index is 11.8. The molecule has 2 aromatic rings. The van der Waals surface area contributed by atoms with Crippen LogP contribution in [0, 0.1) is 13.8 Å². The summed E-state index contributed by atoms with van der Waals surface area (Å²) in [5.74, 6) is 0.992. The summed E-state index contributed by atoms with van der Waals surface area (Å²) in [7, 11) is 3.27. The summed E-state index contributed by atoms with van der Waals surface area (Å²) >= 11 is 0. The summed E-state index contributed by atoms with van der Waals surface area (Å²) in [5.41, 5.74) is 5.62. The fraction of sp³-hybridized carbons (Fsp3) is 0.368. The van der Waals surface area contributed by atoms with E-state index in [0.717, 1.165) is 29.2 Å². The third kappa shape index (κ3) is 5.35. The Kier molecular flexibility index (Phi) is 7.23. The highest BCUT2D eigenvalue weighted by molar-refractivity contribution is 5.84. The number of hydrogen-bond acceptors (Lipinski definition) is 5. The van der Waals surface area contributed by atoms with Gasteiger partial charge in [-0.1, -0.05) is 0 Å². The molecule has 0 fully saturated rings. The Hall–Kier alpha value is -2.80. The van der Waals surface area contributed by atoms with Crippen molar-refractivity contribution in [3.8, 4) is 11.5 Å². The van der Waals surface area contributed by atoms with Crippen LogP contribution in [0.2, 0.25) is 0 Å². The van der Waals surface area contributed by atoms with E-state index in [1.165, 1.54) is 0 Å². The van der Waals surface area contributed by atoms with Crippen molar-refractivity contribution in [3.63, 3.8) is 0 Å². The van der Waals surface area contributed by atoms with E-state index in [2.05, 4.69) is 15.1 Å². The van der Waals surface area contributed by atoms with Crippen LogP contribution in [0.4, 0.5) is 0 Å². The molecule has 0 unspecified atom stereocenters. The maximum atomic E-state index is 11.8. The third-order valence-corrected chi connectivity index (χ3v) is 3.95. The first kappa shape index (κ1) is 19.5. The van der Waals surface area contributed by atoms with Crippen LogP contribution in [-0.4, -0.2) is 44.1 Å². The molecule has 1 aromatic heterocycles. The number of carbonyl (C=O) groups excluding carboxylic acids is 1. The number of aromatic nitrogens is 1. The van der Waals surface area contributed by atoms with E-state index in [9.17, 15) is 4.79 Å². The van der Waals surface area contributed by atoms with Crippen LogP contribution < -0.4 is 14.9 Å². The zero-order valence-electron chi connectivity index (χ0n) is 15.6. The van der Waals surface area contributed by atoms with Gasteiger partial charge in [-0.15, -0.1) is 0 Å². The van der Waals surface area contributed by atoms with Crippen LogP contribution >= 0.6 is 0 Å². The van der Waals surface area contributed by atoms with Crippen LogP contribution in [0.25, 0.3) is 0 Å². The molecule has 0 saturated heterocycles. The molecule has 0 aliphatic heterocycles. The van der Waals surface area contributed by atoms with Crippen LogP contribution in [-0.2, 0) is 16.1 Å². The van der Waals surface area contributed by atoms with Gasteiger partial charge in [0.25, 0.3) is 5.91 Å². The molecule has 2 rings (SSSR count). The molecule has 1 amide bonds. The number of nitrogens with one attached hydrogen (secondary N) is 1. The molecular formula is C19H25N3O4. The molecule has 0 aliphatic carbocycles. The molecule has 0 bridgehead atoms. The minimum absolute atomic E-state index is 0.115. The fourth-order valence-electron chi connectivity index (χ4n) is 2.51. The number of methoxy groups -OCH3 is 2. The number of aryl methyl sites for hydroxylation is 1. The van der Waals surface area contributed by atoms with Gasteiger partial charge in [0, 0.05) is 30.6 Å². The molecular weight excluding hydrogens is 334 g/mol. The summed E-state index contributed by atoms with van der Waals surface area (Å²) in [6.07, 6.45) is 1.64. The Morgan fingerprint density at radius 2 is 1.88 bits per heavy atom. The minimum Gasteiger partial charge on any atom is -0.497 e. The Balaban J connectivity index is 1.84. The van der Waals surface area contributed by atoms with Crippen molar-refractivity contribution in [2.45, 2.75) is 20.4 Å². The second kappa shape index (κ2) is 9.62. The lowest BCUT2D eigenvalue weighted by Crippen LogP contribution is -2.24. The second-order valence-corrected chi connectivity index (χ2v) is 5.73. The summed E-state index contributed by atoms with van der Waals surface area (Å²) in [5, 5.41) is 4.01. The van der Waals surface area contributed by atoms with Crippen molar-refractivity contribution in [3.05, 3.63) is 47.3 Å². The van der Waals surface area contributed by atoms with Gasteiger partial charge in [-0.05, 0) is 44.2 Å². The zero-order chi connectivity index (χ0) is 18.9. The normalized spacial score (nSPS) is 10.9. The first-order valence-electron chi connectivity index (χ1n) is 8.29. The highest BCUT2D eigenvalue weighted by Gasteiger charge is 2.07. The van der Waals surface area contributed by atoms with E-state index in [1.807, 2.05) is 19.9 Å². The molecule has 1 aromatic carbocycles. The van der Waals surface area contributed by atoms with E-state index in [-0.39, 0.29) is 12.5 Å². The van der Waals surface area contributed by atoms with Gasteiger partial charge in [-0.25, -0.2) is 5.43 Å². The van der Waals surface area contributed by atoms with Crippen molar-refractivity contribution in [1.82, 2.24) is 9.99 Å². The Labute approximate surface area is 153 Å². The number of rotatable bonds is 9. The van der Waals surface area contributed by atoms with Crippen molar-refractivity contribution in [1.29, 1.82) is 0 Å². The largest absolute Gasteiger partial charge is 0.497 e. The molecule has 26 heavy (non-hydrogen) atoms. The smallest absolute Gasteiger partial charge is 0.277 e. The Morgan fingerprint density at radius 1 is 1.19 bits per heavy atom.